The van der Waals surface area contributed by atoms with Gasteiger partial charge in [0.2, 0.25) is 5.88 Å². The van der Waals surface area contributed by atoms with E-state index in [1.165, 1.54) is 16.8 Å². The Morgan fingerprint density at radius 1 is 1.40 bits per heavy atom. The second-order valence-corrected chi connectivity index (χ2v) is 6.12. The highest BCUT2D eigenvalue weighted by Gasteiger charge is 2.22. The van der Waals surface area contributed by atoms with Crippen molar-refractivity contribution < 1.29 is 4.74 Å². The molecule has 0 aliphatic carbocycles. The third kappa shape index (κ3) is 2.43. The SMILES string of the molecule is CC(C)Oc1ncnc(N2CCc3sccc3C2)c1N. The Morgan fingerprint density at radius 2 is 2.25 bits per heavy atom. The average molecular weight is 290 g/mol. The van der Waals surface area contributed by atoms with Gasteiger partial charge in [-0.05, 0) is 37.3 Å². The summed E-state index contributed by atoms with van der Waals surface area (Å²) in [6.07, 6.45) is 2.61. The molecule has 0 radical (unpaired) electrons. The van der Waals surface area contributed by atoms with Crippen LogP contribution in [0.2, 0.25) is 0 Å². The number of ether oxygens (including phenoxy) is 1. The standard InChI is InChI=1S/C14H18N4OS/c1-9(2)19-14-12(15)13(16-8-17-14)18-5-3-11-10(7-18)4-6-20-11/h4,6,8-9H,3,5,7,15H2,1-2H3. The minimum Gasteiger partial charge on any atom is -0.473 e. The maximum absolute atomic E-state index is 6.17. The number of hydrogen-bond acceptors (Lipinski definition) is 6. The lowest BCUT2D eigenvalue weighted by molar-refractivity contribution is 0.234. The fourth-order valence-electron chi connectivity index (χ4n) is 2.37. The van der Waals surface area contributed by atoms with Crippen LogP contribution in [-0.2, 0) is 13.0 Å². The van der Waals surface area contributed by atoms with Crippen LogP contribution in [0.5, 0.6) is 5.88 Å². The van der Waals surface area contributed by atoms with Gasteiger partial charge in [-0.25, -0.2) is 4.98 Å². The van der Waals surface area contributed by atoms with Crippen molar-refractivity contribution in [1.29, 1.82) is 0 Å². The molecular weight excluding hydrogens is 272 g/mol. The minimum atomic E-state index is 0.0462. The second-order valence-electron chi connectivity index (χ2n) is 5.12. The number of rotatable bonds is 3. The molecule has 5 nitrogen and oxygen atoms in total. The molecule has 3 rings (SSSR count). The predicted octanol–water partition coefficient (Wildman–Crippen LogP) is 2.47. The van der Waals surface area contributed by atoms with Crippen LogP contribution >= 0.6 is 11.3 Å². The third-order valence-corrected chi connectivity index (χ3v) is 4.30. The number of nitrogen functional groups attached to an aromatic ring is 1. The summed E-state index contributed by atoms with van der Waals surface area (Å²) < 4.78 is 5.63. The molecule has 6 heteroatoms. The molecule has 3 heterocycles. The van der Waals surface area contributed by atoms with Gasteiger partial charge in [0.25, 0.3) is 0 Å². The molecule has 0 atom stereocenters. The van der Waals surface area contributed by atoms with Crippen molar-refractivity contribution in [3.05, 3.63) is 28.2 Å². The van der Waals surface area contributed by atoms with Crippen LogP contribution in [0.25, 0.3) is 0 Å². The Balaban J connectivity index is 1.88. The van der Waals surface area contributed by atoms with Gasteiger partial charge in [-0.15, -0.1) is 11.3 Å². The van der Waals surface area contributed by atoms with E-state index in [2.05, 4.69) is 26.3 Å². The predicted molar refractivity (Wildman–Crippen MR) is 81.3 cm³/mol. The second kappa shape index (κ2) is 5.28. The molecule has 20 heavy (non-hydrogen) atoms. The van der Waals surface area contributed by atoms with Crippen LogP contribution in [0.1, 0.15) is 24.3 Å². The topological polar surface area (TPSA) is 64.3 Å². The van der Waals surface area contributed by atoms with Crippen molar-refractivity contribution in [1.82, 2.24) is 9.97 Å². The molecule has 0 unspecified atom stereocenters. The lowest BCUT2D eigenvalue weighted by Gasteiger charge is -2.29. The zero-order chi connectivity index (χ0) is 14.1. The highest BCUT2D eigenvalue weighted by molar-refractivity contribution is 7.10. The lowest BCUT2D eigenvalue weighted by atomic mass is 10.1. The smallest absolute Gasteiger partial charge is 0.242 e. The first-order valence-electron chi connectivity index (χ1n) is 6.72. The third-order valence-electron chi connectivity index (χ3n) is 3.28. The number of fused-ring (bicyclic) bond motifs is 1. The summed E-state index contributed by atoms with van der Waals surface area (Å²) in [5.41, 5.74) is 8.06. The van der Waals surface area contributed by atoms with Gasteiger partial charge in [0.15, 0.2) is 5.82 Å². The Morgan fingerprint density at radius 3 is 3.05 bits per heavy atom. The average Bonchev–Trinajstić information content (AvgIpc) is 2.88. The Kier molecular flexibility index (Phi) is 3.48. The normalized spacial score (nSPS) is 14.4. The molecule has 2 aromatic rings. The van der Waals surface area contributed by atoms with Gasteiger partial charge in [-0.3, -0.25) is 0 Å². The Labute approximate surface area is 122 Å². The summed E-state index contributed by atoms with van der Waals surface area (Å²) in [7, 11) is 0. The number of hydrogen-bond donors (Lipinski definition) is 1. The van der Waals surface area contributed by atoms with Gasteiger partial charge in [0.05, 0.1) is 6.10 Å². The first kappa shape index (κ1) is 13.2. The van der Waals surface area contributed by atoms with Crippen molar-refractivity contribution in [2.45, 2.75) is 32.9 Å². The number of anilines is 2. The molecule has 0 aromatic carbocycles. The zero-order valence-corrected chi connectivity index (χ0v) is 12.5. The quantitative estimate of drug-likeness (QED) is 0.940. The molecule has 0 spiro atoms. The van der Waals surface area contributed by atoms with E-state index >= 15 is 0 Å². The molecule has 1 aliphatic heterocycles. The van der Waals surface area contributed by atoms with Crippen LogP contribution in [0.3, 0.4) is 0 Å². The molecule has 1 aliphatic rings. The number of thiophene rings is 1. The van der Waals surface area contributed by atoms with E-state index in [9.17, 15) is 0 Å². The van der Waals surface area contributed by atoms with E-state index < -0.39 is 0 Å². The largest absolute Gasteiger partial charge is 0.473 e. The molecule has 106 valence electrons. The van der Waals surface area contributed by atoms with Crippen LogP contribution in [0.15, 0.2) is 17.8 Å². The molecule has 2 N–H and O–H groups in total. The van der Waals surface area contributed by atoms with Gasteiger partial charge >= 0.3 is 0 Å². The van der Waals surface area contributed by atoms with E-state index in [4.69, 9.17) is 10.5 Å². The molecule has 2 aromatic heterocycles. The molecule has 0 saturated carbocycles. The maximum Gasteiger partial charge on any atom is 0.242 e. The first-order chi connectivity index (χ1) is 9.65. The van der Waals surface area contributed by atoms with Crippen molar-refractivity contribution in [2.75, 3.05) is 17.2 Å². The lowest BCUT2D eigenvalue weighted by Crippen LogP contribution is -2.31. The zero-order valence-electron chi connectivity index (χ0n) is 11.7. The monoisotopic (exact) mass is 290 g/mol. The summed E-state index contributed by atoms with van der Waals surface area (Å²) in [6, 6.07) is 2.18. The number of aromatic nitrogens is 2. The maximum atomic E-state index is 6.17. The van der Waals surface area contributed by atoms with Crippen LogP contribution in [0, 0.1) is 0 Å². The van der Waals surface area contributed by atoms with Crippen LogP contribution in [0.4, 0.5) is 11.5 Å². The fourth-order valence-corrected chi connectivity index (χ4v) is 3.26. The summed E-state index contributed by atoms with van der Waals surface area (Å²) in [6.45, 7) is 5.69. The van der Waals surface area contributed by atoms with E-state index in [0.717, 1.165) is 25.3 Å². The molecule has 0 saturated heterocycles. The van der Waals surface area contributed by atoms with Crippen molar-refractivity contribution in [3.8, 4) is 5.88 Å². The minimum absolute atomic E-state index is 0.0462. The van der Waals surface area contributed by atoms with Crippen LogP contribution < -0.4 is 15.4 Å². The van der Waals surface area contributed by atoms with Gasteiger partial charge in [0, 0.05) is 18.0 Å². The van der Waals surface area contributed by atoms with Crippen molar-refractivity contribution >= 4 is 22.8 Å². The molecule has 0 bridgehead atoms. The Hall–Kier alpha value is -1.82. The molecular formula is C14H18N4OS. The fraction of sp³-hybridized carbons (Fsp3) is 0.429. The van der Waals surface area contributed by atoms with Gasteiger partial charge in [-0.2, -0.15) is 4.98 Å². The van der Waals surface area contributed by atoms with E-state index in [1.54, 1.807) is 0 Å². The van der Waals surface area contributed by atoms with Crippen molar-refractivity contribution in [2.24, 2.45) is 0 Å². The van der Waals surface area contributed by atoms with E-state index in [-0.39, 0.29) is 6.10 Å². The van der Waals surface area contributed by atoms with Gasteiger partial charge in [-0.1, -0.05) is 0 Å². The highest BCUT2D eigenvalue weighted by atomic mass is 32.1. The van der Waals surface area contributed by atoms with Gasteiger partial charge in [0.1, 0.15) is 12.0 Å². The summed E-state index contributed by atoms with van der Waals surface area (Å²) >= 11 is 1.82. The first-order valence-corrected chi connectivity index (χ1v) is 7.60. The van der Waals surface area contributed by atoms with Crippen LogP contribution in [-0.4, -0.2) is 22.6 Å². The van der Waals surface area contributed by atoms with E-state index in [0.29, 0.717) is 11.6 Å². The summed E-state index contributed by atoms with van der Waals surface area (Å²) in [5.74, 6) is 1.24. The summed E-state index contributed by atoms with van der Waals surface area (Å²) in [4.78, 5) is 12.1. The molecule has 0 fully saturated rings. The Bertz CT molecular complexity index is 611. The van der Waals surface area contributed by atoms with E-state index in [1.807, 2.05) is 25.2 Å². The van der Waals surface area contributed by atoms with Crippen molar-refractivity contribution in [3.63, 3.8) is 0 Å². The van der Waals surface area contributed by atoms with Gasteiger partial charge < -0.3 is 15.4 Å². The highest BCUT2D eigenvalue weighted by Crippen LogP contribution is 2.33. The number of nitrogens with zero attached hydrogens (tertiary/aromatic N) is 3. The summed E-state index contributed by atoms with van der Waals surface area (Å²) in [5, 5.41) is 2.14. The number of nitrogens with two attached hydrogens (primary N) is 1. The molecule has 0 amide bonds.